The lowest BCUT2D eigenvalue weighted by Crippen LogP contribution is -2.17. The summed E-state index contributed by atoms with van der Waals surface area (Å²) in [5.41, 5.74) is 2.65. The Bertz CT molecular complexity index is 561. The Labute approximate surface area is 106 Å². The molecule has 0 fully saturated rings. The molecule has 1 atom stereocenters. The molecule has 0 radical (unpaired) electrons. The van der Waals surface area contributed by atoms with E-state index >= 15 is 0 Å². The Morgan fingerprint density at radius 1 is 1.39 bits per heavy atom. The maximum Gasteiger partial charge on any atom is 0.156 e. The van der Waals surface area contributed by atoms with Gasteiger partial charge in [0.1, 0.15) is 16.9 Å². The number of aliphatic hydroxyl groups is 1. The number of hydrogen-bond acceptors (Lipinski definition) is 5. The SMILES string of the molecule is CCc1nc(NCC(C)O)c2c(n1)c(C)nn2C. The summed E-state index contributed by atoms with van der Waals surface area (Å²) in [5, 5.41) is 16.9. The lowest BCUT2D eigenvalue weighted by molar-refractivity contribution is 0.208. The molecule has 2 aromatic rings. The molecule has 2 aromatic heterocycles. The molecule has 0 saturated heterocycles. The molecule has 2 rings (SSSR count). The zero-order chi connectivity index (χ0) is 13.3. The average Bonchev–Trinajstić information content (AvgIpc) is 2.62. The molecule has 0 amide bonds. The second-order valence-electron chi connectivity index (χ2n) is 4.48. The van der Waals surface area contributed by atoms with Crippen LogP contribution in [-0.4, -0.2) is 37.5 Å². The van der Waals surface area contributed by atoms with Gasteiger partial charge >= 0.3 is 0 Å². The molecule has 0 saturated carbocycles. The van der Waals surface area contributed by atoms with Crippen molar-refractivity contribution in [2.24, 2.45) is 7.05 Å². The van der Waals surface area contributed by atoms with Crippen molar-refractivity contribution in [1.29, 1.82) is 0 Å². The predicted octanol–water partition coefficient (Wildman–Crippen LogP) is 1.03. The van der Waals surface area contributed by atoms with Crippen LogP contribution in [0.3, 0.4) is 0 Å². The van der Waals surface area contributed by atoms with E-state index in [0.29, 0.717) is 6.54 Å². The fourth-order valence-electron chi connectivity index (χ4n) is 1.91. The van der Waals surface area contributed by atoms with Crippen molar-refractivity contribution in [3.8, 4) is 0 Å². The van der Waals surface area contributed by atoms with Crippen molar-refractivity contribution in [1.82, 2.24) is 19.7 Å². The van der Waals surface area contributed by atoms with Gasteiger partial charge in [-0.05, 0) is 13.8 Å². The van der Waals surface area contributed by atoms with Gasteiger partial charge in [0, 0.05) is 20.0 Å². The van der Waals surface area contributed by atoms with Gasteiger partial charge in [-0.2, -0.15) is 5.10 Å². The summed E-state index contributed by atoms with van der Waals surface area (Å²) in [6.07, 6.45) is 0.350. The smallest absolute Gasteiger partial charge is 0.156 e. The van der Waals surface area contributed by atoms with Crippen molar-refractivity contribution in [2.45, 2.75) is 33.3 Å². The average molecular weight is 249 g/mol. The summed E-state index contributed by atoms with van der Waals surface area (Å²) in [6, 6.07) is 0. The molecule has 98 valence electrons. The number of aliphatic hydroxyl groups excluding tert-OH is 1. The number of rotatable bonds is 4. The van der Waals surface area contributed by atoms with Crippen molar-refractivity contribution in [3.63, 3.8) is 0 Å². The second-order valence-corrected chi connectivity index (χ2v) is 4.48. The van der Waals surface area contributed by atoms with Crippen LogP contribution in [-0.2, 0) is 13.5 Å². The molecule has 0 aromatic carbocycles. The highest BCUT2D eigenvalue weighted by Gasteiger charge is 2.14. The Hall–Kier alpha value is -1.69. The van der Waals surface area contributed by atoms with Crippen LogP contribution in [0.1, 0.15) is 25.4 Å². The van der Waals surface area contributed by atoms with Gasteiger partial charge in [-0.15, -0.1) is 0 Å². The number of aryl methyl sites for hydroxylation is 3. The first-order valence-electron chi connectivity index (χ1n) is 6.15. The topological polar surface area (TPSA) is 75.9 Å². The van der Waals surface area contributed by atoms with E-state index in [1.165, 1.54) is 0 Å². The zero-order valence-corrected chi connectivity index (χ0v) is 11.2. The Balaban J connectivity index is 2.54. The molecular weight excluding hydrogens is 230 g/mol. The molecule has 0 aliphatic carbocycles. The molecule has 2 N–H and O–H groups in total. The van der Waals surface area contributed by atoms with Gasteiger partial charge in [0.05, 0.1) is 11.8 Å². The summed E-state index contributed by atoms with van der Waals surface area (Å²) >= 11 is 0. The van der Waals surface area contributed by atoms with Crippen molar-refractivity contribution in [2.75, 3.05) is 11.9 Å². The Morgan fingerprint density at radius 3 is 2.72 bits per heavy atom. The van der Waals surface area contributed by atoms with Gasteiger partial charge < -0.3 is 10.4 Å². The van der Waals surface area contributed by atoms with E-state index in [9.17, 15) is 5.11 Å². The monoisotopic (exact) mass is 249 g/mol. The van der Waals surface area contributed by atoms with Crippen molar-refractivity contribution >= 4 is 16.9 Å². The summed E-state index contributed by atoms with van der Waals surface area (Å²) in [6.45, 7) is 6.15. The number of hydrogen-bond donors (Lipinski definition) is 2. The molecular formula is C12H19N5O. The van der Waals surface area contributed by atoms with Crippen LogP contribution in [0.4, 0.5) is 5.82 Å². The molecule has 0 aliphatic rings. The van der Waals surface area contributed by atoms with Crippen molar-refractivity contribution < 1.29 is 5.11 Å². The second kappa shape index (κ2) is 4.89. The minimum atomic E-state index is -0.422. The molecule has 1 unspecified atom stereocenters. The molecule has 0 bridgehead atoms. The summed E-state index contributed by atoms with van der Waals surface area (Å²) in [7, 11) is 1.87. The highest BCUT2D eigenvalue weighted by Crippen LogP contribution is 2.22. The summed E-state index contributed by atoms with van der Waals surface area (Å²) < 4.78 is 1.77. The van der Waals surface area contributed by atoms with Crippen molar-refractivity contribution in [3.05, 3.63) is 11.5 Å². The van der Waals surface area contributed by atoms with Crippen LogP contribution in [0.2, 0.25) is 0 Å². The number of fused-ring (bicyclic) bond motifs is 1. The first-order chi connectivity index (χ1) is 8.52. The third-order valence-electron chi connectivity index (χ3n) is 2.78. The number of anilines is 1. The van der Waals surface area contributed by atoms with E-state index in [1.807, 2.05) is 20.9 Å². The van der Waals surface area contributed by atoms with Gasteiger partial charge in [0.15, 0.2) is 5.82 Å². The van der Waals surface area contributed by atoms with Crippen LogP contribution in [0, 0.1) is 6.92 Å². The zero-order valence-electron chi connectivity index (χ0n) is 11.2. The van der Waals surface area contributed by atoms with Crippen LogP contribution in [0.15, 0.2) is 0 Å². The van der Waals surface area contributed by atoms with Crippen LogP contribution < -0.4 is 5.32 Å². The molecule has 0 spiro atoms. The Morgan fingerprint density at radius 2 is 2.11 bits per heavy atom. The predicted molar refractivity (Wildman–Crippen MR) is 70.6 cm³/mol. The maximum absolute atomic E-state index is 9.36. The standard InChI is InChI=1S/C12H19N5O/c1-5-9-14-10-8(3)16-17(4)11(10)12(15-9)13-6-7(2)18/h7,18H,5-6H2,1-4H3,(H,13,14,15). The number of nitrogens with one attached hydrogen (secondary N) is 1. The van der Waals surface area contributed by atoms with Gasteiger partial charge in [-0.3, -0.25) is 4.68 Å². The maximum atomic E-state index is 9.36. The van der Waals surface area contributed by atoms with Gasteiger partial charge in [-0.1, -0.05) is 6.92 Å². The molecule has 6 heteroatoms. The quantitative estimate of drug-likeness (QED) is 0.846. The van der Waals surface area contributed by atoms with E-state index < -0.39 is 6.10 Å². The normalized spacial score (nSPS) is 12.9. The van der Waals surface area contributed by atoms with Gasteiger partial charge in [0.2, 0.25) is 0 Å². The number of aromatic nitrogens is 4. The minimum absolute atomic E-state index is 0.422. The third-order valence-corrected chi connectivity index (χ3v) is 2.78. The fraction of sp³-hybridized carbons (Fsp3) is 0.583. The summed E-state index contributed by atoms with van der Waals surface area (Å²) in [4.78, 5) is 8.98. The highest BCUT2D eigenvalue weighted by molar-refractivity contribution is 5.87. The van der Waals surface area contributed by atoms with Crippen LogP contribution >= 0.6 is 0 Å². The van der Waals surface area contributed by atoms with E-state index in [1.54, 1.807) is 11.6 Å². The molecule has 0 aliphatic heterocycles. The van der Waals surface area contributed by atoms with Crippen LogP contribution in [0.25, 0.3) is 11.0 Å². The van der Waals surface area contributed by atoms with E-state index in [0.717, 1.165) is 34.8 Å². The van der Waals surface area contributed by atoms with E-state index in [-0.39, 0.29) is 0 Å². The first-order valence-corrected chi connectivity index (χ1v) is 6.15. The lowest BCUT2D eigenvalue weighted by Gasteiger charge is -2.10. The van der Waals surface area contributed by atoms with Gasteiger partial charge in [-0.25, -0.2) is 9.97 Å². The minimum Gasteiger partial charge on any atom is -0.392 e. The van der Waals surface area contributed by atoms with Gasteiger partial charge in [0.25, 0.3) is 0 Å². The summed E-state index contributed by atoms with van der Waals surface area (Å²) in [5.74, 6) is 1.52. The van der Waals surface area contributed by atoms with E-state index in [2.05, 4.69) is 20.4 Å². The lowest BCUT2D eigenvalue weighted by atomic mass is 10.3. The largest absolute Gasteiger partial charge is 0.392 e. The van der Waals surface area contributed by atoms with Crippen LogP contribution in [0.5, 0.6) is 0 Å². The first kappa shape index (κ1) is 12.8. The molecule has 18 heavy (non-hydrogen) atoms. The number of nitrogens with zero attached hydrogens (tertiary/aromatic N) is 4. The highest BCUT2D eigenvalue weighted by atomic mass is 16.3. The Kier molecular flexibility index (Phi) is 3.47. The molecule has 6 nitrogen and oxygen atoms in total. The third kappa shape index (κ3) is 2.28. The van der Waals surface area contributed by atoms with E-state index in [4.69, 9.17) is 0 Å². The molecule has 2 heterocycles. The fourth-order valence-corrected chi connectivity index (χ4v) is 1.91.